The number of nitrogens with one attached hydrogen (secondary N) is 1. The molecule has 5 aliphatic rings. The van der Waals surface area contributed by atoms with Crippen molar-refractivity contribution in [1.82, 2.24) is 29.7 Å². The van der Waals surface area contributed by atoms with Crippen molar-refractivity contribution in [3.8, 4) is 11.1 Å². The number of likely N-dealkylation sites (N-methyl/N-ethyl adjacent to an activating group) is 1. The number of aromatic nitrogens is 2. The third-order valence-corrected chi connectivity index (χ3v) is 14.8. The van der Waals surface area contributed by atoms with Gasteiger partial charge in [-0.25, -0.2) is 27.6 Å². The Balaban J connectivity index is 0.736. The molecule has 15 nitrogen and oxygen atoms in total. The first-order valence-electron chi connectivity index (χ1n) is 22.7. The number of piperazine rings is 1. The molecule has 3 aromatic carbocycles. The summed E-state index contributed by atoms with van der Waals surface area (Å²) in [4.78, 5) is 69.4. The number of halogens is 3. The average molecular weight is 937 g/mol. The Labute approximate surface area is 387 Å². The molecule has 1 N–H and O–H groups in total. The zero-order valence-electron chi connectivity index (χ0n) is 36.8. The summed E-state index contributed by atoms with van der Waals surface area (Å²) in [6, 6.07) is 16.9. The molecule has 3 atom stereocenters. The number of nitrogens with zero attached hydrogens (tertiary/aromatic N) is 8. The van der Waals surface area contributed by atoms with Crippen LogP contribution in [-0.2, 0) is 27.4 Å². The van der Waals surface area contributed by atoms with Crippen LogP contribution in [0.4, 0.5) is 30.2 Å². The smallest absolute Gasteiger partial charge is 0.255 e. The van der Waals surface area contributed by atoms with Crippen molar-refractivity contribution in [2.24, 2.45) is 5.92 Å². The highest BCUT2D eigenvalue weighted by Crippen LogP contribution is 2.35. The number of fused-ring (bicyclic) bond motifs is 2. The number of hydrazine groups is 1. The Bertz CT molecular complexity index is 2800. The van der Waals surface area contributed by atoms with Gasteiger partial charge >= 0.3 is 0 Å². The van der Waals surface area contributed by atoms with Crippen molar-refractivity contribution in [2.75, 3.05) is 80.2 Å². The van der Waals surface area contributed by atoms with E-state index in [4.69, 9.17) is 0 Å². The maximum atomic E-state index is 16.0. The fraction of sp³-hybridized carbons (Fsp3) is 0.396. The SMILES string of the molecule is CN1C(=O)CCC(N2Cc3cc(N4CCC(CN5CCN(c6ccc(-c7cnc8[nH]cc(C(=O)c9c(F)ccc(N(N%10CC[C@@H](F)C%10)S(=O)[O-])c9F)c8c7)cc6)CC5)CC4)ccc3C2=O)C1=O. The van der Waals surface area contributed by atoms with Gasteiger partial charge in [0.1, 0.15) is 29.4 Å². The van der Waals surface area contributed by atoms with E-state index in [2.05, 4.69) is 30.7 Å². The molecule has 19 heteroatoms. The largest absolute Gasteiger partial charge is 0.754 e. The van der Waals surface area contributed by atoms with E-state index in [0.29, 0.717) is 45.5 Å². The molecule has 4 fully saturated rings. The number of aromatic amines is 1. The Morgan fingerprint density at radius 2 is 1.61 bits per heavy atom. The minimum atomic E-state index is -3.07. The molecular formula is C48H49F3N9O6S-. The molecule has 0 aliphatic carbocycles. The van der Waals surface area contributed by atoms with Crippen LogP contribution in [0.15, 0.2) is 73.1 Å². The lowest BCUT2D eigenvalue weighted by molar-refractivity contribution is -0.150. The predicted molar refractivity (Wildman–Crippen MR) is 245 cm³/mol. The molecule has 0 spiro atoms. The molecule has 5 aromatic rings. The Kier molecular flexibility index (Phi) is 12.1. The van der Waals surface area contributed by atoms with Gasteiger partial charge in [-0.15, -0.1) is 0 Å². The van der Waals surface area contributed by atoms with Crippen LogP contribution in [0, 0.1) is 17.6 Å². The molecule has 3 amide bonds. The molecule has 67 heavy (non-hydrogen) atoms. The minimum absolute atomic E-state index is 0.00387. The van der Waals surface area contributed by atoms with Gasteiger partial charge in [-0.3, -0.25) is 33.2 Å². The van der Waals surface area contributed by atoms with Gasteiger partial charge in [-0.1, -0.05) is 12.1 Å². The summed E-state index contributed by atoms with van der Waals surface area (Å²) in [6.45, 7) is 6.55. The molecule has 4 saturated heterocycles. The van der Waals surface area contributed by atoms with E-state index in [1.54, 1.807) is 17.2 Å². The number of piperidine rings is 2. The number of imide groups is 1. The lowest BCUT2D eigenvalue weighted by atomic mass is 9.95. The number of likely N-dealkylation sites (tertiary alicyclic amines) is 1. The van der Waals surface area contributed by atoms with E-state index >= 15 is 8.78 Å². The van der Waals surface area contributed by atoms with E-state index in [1.807, 2.05) is 36.4 Å². The second kappa shape index (κ2) is 18.2. The Morgan fingerprint density at radius 1 is 0.881 bits per heavy atom. The zero-order valence-corrected chi connectivity index (χ0v) is 37.7. The molecule has 5 aliphatic heterocycles. The van der Waals surface area contributed by atoms with Crippen molar-refractivity contribution in [2.45, 2.75) is 50.9 Å². The highest BCUT2D eigenvalue weighted by atomic mass is 32.2. The van der Waals surface area contributed by atoms with Crippen molar-refractivity contribution in [1.29, 1.82) is 0 Å². The van der Waals surface area contributed by atoms with E-state index < -0.39 is 52.1 Å². The van der Waals surface area contributed by atoms with E-state index in [0.717, 1.165) is 103 Å². The lowest BCUT2D eigenvalue weighted by Gasteiger charge is -2.40. The molecule has 0 radical (unpaired) electrons. The fourth-order valence-electron chi connectivity index (χ4n) is 10.3. The van der Waals surface area contributed by atoms with Gasteiger partial charge in [0.15, 0.2) is 5.82 Å². The number of hydrogen-bond donors (Lipinski definition) is 1. The van der Waals surface area contributed by atoms with Crippen LogP contribution in [0.2, 0.25) is 0 Å². The summed E-state index contributed by atoms with van der Waals surface area (Å²) in [5, 5.41) is 1.43. The van der Waals surface area contributed by atoms with Crippen LogP contribution in [0.5, 0.6) is 0 Å². The van der Waals surface area contributed by atoms with Crippen LogP contribution >= 0.6 is 0 Å². The number of amides is 3. The monoisotopic (exact) mass is 936 g/mol. The number of anilines is 3. The van der Waals surface area contributed by atoms with Crippen LogP contribution in [0.25, 0.3) is 22.2 Å². The number of rotatable bonds is 11. The van der Waals surface area contributed by atoms with E-state index in [9.17, 15) is 32.3 Å². The number of hydrogen-bond acceptors (Lipinski definition) is 11. The summed E-state index contributed by atoms with van der Waals surface area (Å²) in [5.41, 5.74) is 3.97. The van der Waals surface area contributed by atoms with Crippen molar-refractivity contribution in [3.63, 3.8) is 0 Å². The van der Waals surface area contributed by atoms with Gasteiger partial charge in [0, 0.05) is 118 Å². The third-order valence-electron chi connectivity index (χ3n) is 14.1. The first-order valence-corrected chi connectivity index (χ1v) is 23.7. The second-order valence-corrected chi connectivity index (χ2v) is 18.9. The highest BCUT2D eigenvalue weighted by Gasteiger charge is 2.42. The number of carbonyl (C=O) groups is 4. The molecule has 7 heterocycles. The van der Waals surface area contributed by atoms with E-state index in [-0.39, 0.29) is 49.2 Å². The van der Waals surface area contributed by atoms with Crippen molar-refractivity contribution in [3.05, 3.63) is 107 Å². The maximum absolute atomic E-state index is 16.0. The molecule has 0 bridgehead atoms. The van der Waals surface area contributed by atoms with E-state index in [1.165, 1.54) is 13.2 Å². The van der Waals surface area contributed by atoms with Gasteiger partial charge in [-0.2, -0.15) is 0 Å². The standard InChI is InChI=1S/C48H50F3N9O6S/c1-54-42(61)11-10-41(48(54)64)59-27-32-22-35(6-7-36(32)47(59)63)56-15-12-29(13-16-56)26-55-18-20-57(21-19-55)34-4-2-30(3-5-34)31-23-37-38(25-53-46(37)52-24-31)45(62)43-39(50)8-9-40(44(43)51)60(67(65)66)58-17-14-33(49)28-58/h2-9,22-25,29,33,41H,10-21,26-28H2,1H3,(H,52,53)(H,65,66)/p-1/t33-,41?/m1/s1. The summed E-state index contributed by atoms with van der Waals surface area (Å²) < 4.78 is 70.1. The highest BCUT2D eigenvalue weighted by molar-refractivity contribution is 7.80. The van der Waals surface area contributed by atoms with Gasteiger partial charge in [0.25, 0.3) is 11.8 Å². The van der Waals surface area contributed by atoms with Gasteiger partial charge in [0.05, 0.1) is 23.4 Å². The zero-order chi connectivity index (χ0) is 46.7. The summed E-state index contributed by atoms with van der Waals surface area (Å²) in [5.74, 6) is -3.66. The predicted octanol–water partition coefficient (Wildman–Crippen LogP) is 5.44. The van der Waals surface area contributed by atoms with Crippen LogP contribution in [0.3, 0.4) is 0 Å². The second-order valence-electron chi connectivity index (χ2n) is 18.1. The van der Waals surface area contributed by atoms with Crippen molar-refractivity contribution >= 4 is 62.9 Å². The number of ketones is 1. The first-order chi connectivity index (χ1) is 32.3. The molecule has 2 unspecified atom stereocenters. The molecule has 350 valence electrons. The summed E-state index contributed by atoms with van der Waals surface area (Å²) in [7, 11) is 1.48. The molecule has 10 rings (SSSR count). The first kappa shape index (κ1) is 44.7. The van der Waals surface area contributed by atoms with Crippen LogP contribution < -0.4 is 14.2 Å². The Morgan fingerprint density at radius 3 is 2.33 bits per heavy atom. The number of benzene rings is 3. The van der Waals surface area contributed by atoms with Gasteiger partial charge in [0.2, 0.25) is 11.7 Å². The number of H-pyrrole nitrogens is 1. The third kappa shape index (κ3) is 8.46. The summed E-state index contributed by atoms with van der Waals surface area (Å²) >= 11 is -3.07. The van der Waals surface area contributed by atoms with Gasteiger partial charge < -0.3 is 24.2 Å². The average Bonchev–Trinajstić information content (AvgIpc) is 4.05. The topological polar surface area (TPSA) is 160 Å². The molecule has 2 aromatic heterocycles. The summed E-state index contributed by atoms with van der Waals surface area (Å²) in [6.07, 6.45) is 4.42. The normalized spacial score (nSPS) is 21.5. The fourth-order valence-corrected chi connectivity index (χ4v) is 11.0. The molecular weight excluding hydrogens is 888 g/mol. The maximum Gasteiger partial charge on any atom is 0.255 e. The van der Waals surface area contributed by atoms with Crippen molar-refractivity contribution < 1.29 is 41.1 Å². The lowest BCUT2D eigenvalue weighted by Crippen LogP contribution is -2.53. The Hall–Kier alpha value is -6.15. The van der Waals surface area contributed by atoms with Gasteiger partial charge in [-0.05, 0) is 91.3 Å². The van der Waals surface area contributed by atoms with Crippen LogP contribution in [-0.4, -0.2) is 140 Å². The minimum Gasteiger partial charge on any atom is -0.754 e. The van der Waals surface area contributed by atoms with Crippen LogP contribution in [0.1, 0.15) is 63.9 Å². The molecule has 0 saturated carbocycles. The quantitative estimate of drug-likeness (QED) is 0.102. The number of pyridine rings is 1. The number of carbonyl (C=O) groups excluding carboxylic acids is 4. The number of alkyl halides is 1.